The molecule has 0 aliphatic carbocycles. The highest BCUT2D eigenvalue weighted by Crippen LogP contribution is 2.28. The second-order valence-electron chi connectivity index (χ2n) is 7.46. The van der Waals surface area contributed by atoms with Crippen LogP contribution in [0.2, 0.25) is 0 Å². The van der Waals surface area contributed by atoms with Crippen molar-refractivity contribution in [3.63, 3.8) is 0 Å². The van der Waals surface area contributed by atoms with Crippen LogP contribution < -0.4 is 11.1 Å². The molecular weight excluding hydrogens is 354 g/mol. The number of phenolic OH excluding ortho intramolecular Hbond substituents is 1. The average Bonchev–Trinajstić information content (AvgIpc) is 3.04. The topological polar surface area (TPSA) is 116 Å². The molecule has 1 heterocycles. The molecule has 0 saturated carbocycles. The Bertz CT molecular complexity index is 997. The first-order valence-corrected chi connectivity index (χ1v) is 8.83. The fraction of sp³-hybridized carbons (Fsp3) is 0.190. The number of hydrogen-bond acceptors (Lipinski definition) is 5. The van der Waals surface area contributed by atoms with E-state index in [-0.39, 0.29) is 22.5 Å². The van der Waals surface area contributed by atoms with E-state index < -0.39 is 5.91 Å². The number of nitrogens with zero attached hydrogens (tertiary/aromatic N) is 2. The van der Waals surface area contributed by atoms with Crippen LogP contribution in [0.15, 0.2) is 53.5 Å². The number of phenols is 1. The highest BCUT2D eigenvalue weighted by atomic mass is 16.3. The molecular formula is C21H23N5O2. The predicted molar refractivity (Wildman–Crippen MR) is 111 cm³/mol. The highest BCUT2D eigenvalue weighted by molar-refractivity contribution is 6.03. The molecule has 0 spiro atoms. The zero-order chi connectivity index (χ0) is 20.3. The van der Waals surface area contributed by atoms with Gasteiger partial charge in [0.05, 0.1) is 0 Å². The van der Waals surface area contributed by atoms with Crippen LogP contribution in [0.1, 0.15) is 42.3 Å². The number of hydrogen-bond donors (Lipinski definition) is 4. The molecule has 0 atom stereocenters. The van der Waals surface area contributed by atoms with Gasteiger partial charge in [0.1, 0.15) is 11.3 Å². The number of aliphatic imine (C=N–C) groups is 1. The molecule has 5 N–H and O–H groups in total. The van der Waals surface area contributed by atoms with Crippen molar-refractivity contribution in [1.82, 2.24) is 10.2 Å². The Balaban J connectivity index is 1.84. The highest BCUT2D eigenvalue weighted by Gasteiger charge is 2.18. The maximum Gasteiger partial charge on any atom is 0.256 e. The van der Waals surface area contributed by atoms with E-state index in [1.165, 1.54) is 5.56 Å². The first-order valence-electron chi connectivity index (χ1n) is 8.83. The summed E-state index contributed by atoms with van der Waals surface area (Å²) in [6.45, 7) is 6.44. The van der Waals surface area contributed by atoms with Crippen molar-refractivity contribution in [2.24, 2.45) is 10.7 Å². The van der Waals surface area contributed by atoms with E-state index in [1.54, 1.807) is 30.5 Å². The lowest BCUT2D eigenvalue weighted by atomic mass is 9.87. The normalized spacial score (nSPS) is 11.7. The zero-order valence-electron chi connectivity index (χ0n) is 16.0. The van der Waals surface area contributed by atoms with E-state index in [9.17, 15) is 9.90 Å². The number of amides is 1. The Morgan fingerprint density at radius 3 is 2.36 bits per heavy atom. The van der Waals surface area contributed by atoms with Crippen molar-refractivity contribution < 1.29 is 9.90 Å². The van der Waals surface area contributed by atoms with E-state index in [0.717, 1.165) is 11.3 Å². The van der Waals surface area contributed by atoms with Crippen LogP contribution in [0.5, 0.6) is 5.75 Å². The zero-order valence-corrected chi connectivity index (χ0v) is 16.0. The van der Waals surface area contributed by atoms with Gasteiger partial charge in [-0.1, -0.05) is 32.9 Å². The number of aromatic hydroxyl groups is 1. The number of primary amides is 1. The van der Waals surface area contributed by atoms with Crippen molar-refractivity contribution in [2.45, 2.75) is 26.2 Å². The van der Waals surface area contributed by atoms with Crippen LogP contribution in [-0.2, 0) is 5.41 Å². The summed E-state index contributed by atoms with van der Waals surface area (Å²) in [6.07, 6.45) is 1.56. The molecule has 0 radical (unpaired) electrons. The third kappa shape index (κ3) is 4.37. The molecule has 7 heteroatoms. The Hall–Kier alpha value is -3.61. The maximum absolute atomic E-state index is 12.0. The van der Waals surface area contributed by atoms with Gasteiger partial charge in [-0.05, 0) is 52.9 Å². The molecule has 144 valence electrons. The lowest BCUT2D eigenvalue weighted by molar-refractivity contribution is 0.100. The fourth-order valence-corrected chi connectivity index (χ4v) is 2.64. The van der Waals surface area contributed by atoms with E-state index >= 15 is 0 Å². The van der Waals surface area contributed by atoms with Crippen LogP contribution in [0, 0.1) is 0 Å². The Labute approximate surface area is 163 Å². The first kappa shape index (κ1) is 19.2. The van der Waals surface area contributed by atoms with Gasteiger partial charge in [0.25, 0.3) is 5.91 Å². The Kier molecular flexibility index (Phi) is 5.17. The summed E-state index contributed by atoms with van der Waals surface area (Å²) in [7, 11) is 0. The number of carbonyl (C=O) groups is 1. The molecule has 2 aromatic carbocycles. The van der Waals surface area contributed by atoms with E-state index in [4.69, 9.17) is 5.73 Å². The van der Waals surface area contributed by atoms with Crippen molar-refractivity contribution in [2.75, 3.05) is 5.32 Å². The SMILES string of the molecule is CC(C)(C)c1ccc(Nc2n[nH]c(/N=C/c3ccc(O)cc3)c2C(N)=O)cc1. The van der Waals surface area contributed by atoms with Gasteiger partial charge < -0.3 is 16.2 Å². The van der Waals surface area contributed by atoms with Gasteiger partial charge in [0.15, 0.2) is 11.6 Å². The number of H-pyrrole nitrogens is 1. The summed E-state index contributed by atoms with van der Waals surface area (Å²) in [5.41, 5.74) is 8.52. The monoisotopic (exact) mass is 377 g/mol. The molecule has 0 unspecified atom stereocenters. The standard InChI is InChI=1S/C21H23N5O2/c1-21(2,3)14-6-8-15(9-7-14)24-20-17(18(22)28)19(25-26-20)23-12-13-4-10-16(27)11-5-13/h4-12,27H,1-3H3,(H2,22,28)(H2,24,25,26)/b23-12+. The second-order valence-corrected chi connectivity index (χ2v) is 7.46. The minimum Gasteiger partial charge on any atom is -0.508 e. The largest absolute Gasteiger partial charge is 0.508 e. The van der Waals surface area contributed by atoms with E-state index in [0.29, 0.717) is 5.82 Å². The molecule has 1 aromatic heterocycles. The number of carbonyl (C=O) groups excluding carboxylic acids is 1. The molecule has 0 aliphatic heterocycles. The van der Waals surface area contributed by atoms with Crippen molar-refractivity contribution in [3.05, 3.63) is 65.2 Å². The summed E-state index contributed by atoms with van der Waals surface area (Å²) in [6, 6.07) is 14.4. The van der Waals surface area contributed by atoms with Crippen LogP contribution >= 0.6 is 0 Å². The maximum atomic E-state index is 12.0. The minimum atomic E-state index is -0.639. The van der Waals surface area contributed by atoms with Gasteiger partial charge >= 0.3 is 0 Å². The van der Waals surface area contributed by atoms with Gasteiger partial charge in [-0.15, -0.1) is 0 Å². The van der Waals surface area contributed by atoms with Gasteiger partial charge in [-0.2, -0.15) is 5.10 Å². The predicted octanol–water partition coefficient (Wildman–Crippen LogP) is 4.01. The molecule has 0 saturated heterocycles. The van der Waals surface area contributed by atoms with Crippen LogP contribution in [0.25, 0.3) is 0 Å². The lowest BCUT2D eigenvalue weighted by Crippen LogP contribution is -2.13. The molecule has 28 heavy (non-hydrogen) atoms. The number of benzene rings is 2. The second kappa shape index (κ2) is 7.56. The van der Waals surface area contributed by atoms with Gasteiger partial charge in [0.2, 0.25) is 0 Å². The Morgan fingerprint density at radius 2 is 1.79 bits per heavy atom. The van der Waals surface area contributed by atoms with Gasteiger partial charge in [-0.3, -0.25) is 9.89 Å². The third-order valence-corrected chi connectivity index (χ3v) is 4.24. The summed E-state index contributed by atoms with van der Waals surface area (Å²) in [4.78, 5) is 16.2. The van der Waals surface area contributed by atoms with Gasteiger partial charge in [0, 0.05) is 11.9 Å². The van der Waals surface area contributed by atoms with Crippen molar-refractivity contribution in [1.29, 1.82) is 0 Å². The number of anilines is 2. The average molecular weight is 377 g/mol. The van der Waals surface area contributed by atoms with E-state index in [2.05, 4.69) is 41.3 Å². The quantitative estimate of drug-likeness (QED) is 0.503. The minimum absolute atomic E-state index is 0.0549. The number of rotatable bonds is 5. The third-order valence-electron chi connectivity index (χ3n) is 4.24. The summed E-state index contributed by atoms with van der Waals surface area (Å²) in [5.74, 6) is 0.101. The van der Waals surface area contributed by atoms with Crippen LogP contribution in [-0.4, -0.2) is 27.4 Å². The number of nitrogens with one attached hydrogen (secondary N) is 2. The summed E-state index contributed by atoms with van der Waals surface area (Å²) in [5, 5.41) is 19.3. The fourth-order valence-electron chi connectivity index (χ4n) is 2.64. The summed E-state index contributed by atoms with van der Waals surface area (Å²) >= 11 is 0. The molecule has 0 bridgehead atoms. The smallest absolute Gasteiger partial charge is 0.256 e. The van der Waals surface area contributed by atoms with Gasteiger partial charge in [-0.25, -0.2) is 4.99 Å². The molecule has 1 amide bonds. The molecule has 3 aromatic rings. The lowest BCUT2D eigenvalue weighted by Gasteiger charge is -2.19. The molecule has 7 nitrogen and oxygen atoms in total. The first-order chi connectivity index (χ1) is 13.2. The van der Waals surface area contributed by atoms with E-state index in [1.807, 2.05) is 24.3 Å². The molecule has 0 fully saturated rings. The number of aromatic amines is 1. The van der Waals surface area contributed by atoms with Crippen molar-refractivity contribution >= 4 is 29.4 Å². The molecule has 3 rings (SSSR count). The Morgan fingerprint density at radius 1 is 1.14 bits per heavy atom. The number of aromatic nitrogens is 2. The van der Waals surface area contributed by atoms with Crippen LogP contribution in [0.3, 0.4) is 0 Å². The molecule has 0 aliphatic rings. The summed E-state index contributed by atoms with van der Waals surface area (Å²) < 4.78 is 0. The number of nitrogens with two attached hydrogens (primary N) is 1. The van der Waals surface area contributed by atoms with Crippen LogP contribution in [0.4, 0.5) is 17.3 Å². The van der Waals surface area contributed by atoms with Crippen molar-refractivity contribution in [3.8, 4) is 5.75 Å².